The van der Waals surface area contributed by atoms with E-state index < -0.39 is 12.3 Å². The summed E-state index contributed by atoms with van der Waals surface area (Å²) in [6.45, 7) is 7.79. The van der Waals surface area contributed by atoms with Gasteiger partial charge < -0.3 is 23.7 Å². The summed E-state index contributed by atoms with van der Waals surface area (Å²) in [7, 11) is 0. The highest BCUT2D eigenvalue weighted by Crippen LogP contribution is 2.32. The van der Waals surface area contributed by atoms with E-state index in [9.17, 15) is 9.59 Å². The van der Waals surface area contributed by atoms with E-state index >= 15 is 0 Å². The molecular weight excluding hydrogens is 400 g/mol. The Balaban J connectivity index is 1.31. The molecule has 0 N–H and O–H groups in total. The van der Waals surface area contributed by atoms with E-state index in [1.165, 1.54) is 0 Å². The Morgan fingerprint density at radius 1 is 1.03 bits per heavy atom. The van der Waals surface area contributed by atoms with Crippen molar-refractivity contribution >= 4 is 17.5 Å². The average Bonchev–Trinajstić information content (AvgIpc) is 3.23. The van der Waals surface area contributed by atoms with Gasteiger partial charge >= 0.3 is 11.9 Å². The van der Waals surface area contributed by atoms with Crippen LogP contribution in [0, 0.1) is 0 Å². The zero-order chi connectivity index (χ0) is 22.2. The van der Waals surface area contributed by atoms with Crippen LogP contribution in [0.2, 0.25) is 0 Å². The number of hydrogen-bond donors (Lipinski definition) is 0. The number of esters is 2. The summed E-state index contributed by atoms with van der Waals surface area (Å²) in [5.74, 6) is 0.585. The molecule has 0 fully saturated rings. The van der Waals surface area contributed by atoms with Gasteiger partial charge in [-0.05, 0) is 55.7 Å². The van der Waals surface area contributed by atoms with Crippen LogP contribution in [0.3, 0.4) is 0 Å². The lowest BCUT2D eigenvalue weighted by atomic mass is 10.1. The van der Waals surface area contributed by atoms with Gasteiger partial charge in [0.1, 0.15) is 6.61 Å². The fraction of sp³-hybridized carbons (Fsp3) is 0.333. The zero-order valence-electron chi connectivity index (χ0n) is 17.7. The quantitative estimate of drug-likeness (QED) is 0.321. The van der Waals surface area contributed by atoms with Gasteiger partial charge in [-0.15, -0.1) is 0 Å². The number of ether oxygens (including phenoxy) is 5. The predicted octanol–water partition coefficient (Wildman–Crippen LogP) is 4.14. The zero-order valence-corrected chi connectivity index (χ0v) is 17.7. The molecule has 31 heavy (non-hydrogen) atoms. The molecule has 1 aliphatic rings. The molecule has 0 saturated heterocycles. The normalized spacial score (nSPS) is 12.8. The lowest BCUT2D eigenvalue weighted by molar-refractivity contribution is -0.150. The molecule has 0 saturated carbocycles. The average molecular weight is 426 g/mol. The molecule has 0 radical (unpaired) electrons. The first-order valence-corrected chi connectivity index (χ1v) is 10.0. The van der Waals surface area contributed by atoms with Crippen molar-refractivity contribution in [1.29, 1.82) is 0 Å². The number of carbonyl (C=O) groups is 2. The number of aryl methyl sites for hydroxylation is 1. The second-order valence-electron chi connectivity index (χ2n) is 7.11. The van der Waals surface area contributed by atoms with Gasteiger partial charge in [0.15, 0.2) is 11.5 Å². The van der Waals surface area contributed by atoms with Crippen molar-refractivity contribution in [2.24, 2.45) is 0 Å². The number of carbonyl (C=O) groups excluding carboxylic acids is 2. The van der Waals surface area contributed by atoms with Gasteiger partial charge in [0, 0.05) is 6.42 Å². The molecule has 0 bridgehead atoms. The Bertz CT molecular complexity index is 933. The third kappa shape index (κ3) is 6.58. The van der Waals surface area contributed by atoms with E-state index in [0.717, 1.165) is 16.7 Å². The lowest BCUT2D eigenvalue weighted by Gasteiger charge is -2.14. The fourth-order valence-electron chi connectivity index (χ4n) is 2.93. The van der Waals surface area contributed by atoms with E-state index in [1.807, 2.05) is 37.3 Å². The molecule has 0 aliphatic carbocycles. The maximum Gasteiger partial charge on any atom is 0.340 e. The van der Waals surface area contributed by atoms with Crippen molar-refractivity contribution in [2.45, 2.75) is 33.0 Å². The molecule has 2 aromatic carbocycles. The minimum Gasteiger partial charge on any atom is -0.463 e. The lowest BCUT2D eigenvalue weighted by Crippen LogP contribution is -2.21. The molecule has 2 aromatic rings. The van der Waals surface area contributed by atoms with Gasteiger partial charge in [0.2, 0.25) is 13.1 Å². The van der Waals surface area contributed by atoms with Gasteiger partial charge in [-0.3, -0.25) is 4.79 Å². The van der Waals surface area contributed by atoms with Gasteiger partial charge in [-0.2, -0.15) is 0 Å². The Morgan fingerprint density at radius 3 is 2.48 bits per heavy atom. The summed E-state index contributed by atoms with van der Waals surface area (Å²) < 4.78 is 26.4. The SMILES string of the molecule is C=C(C)c1ccc(C(=O)OC(C)OCCOC(=O)CCc2ccc3c(c2)OCO3)cc1. The largest absolute Gasteiger partial charge is 0.463 e. The third-order valence-corrected chi connectivity index (χ3v) is 4.64. The summed E-state index contributed by atoms with van der Waals surface area (Å²) in [6.07, 6.45) is 0.0134. The molecule has 1 unspecified atom stereocenters. The molecule has 0 spiro atoms. The first-order chi connectivity index (χ1) is 14.9. The van der Waals surface area contributed by atoms with Gasteiger partial charge in [0.05, 0.1) is 12.2 Å². The van der Waals surface area contributed by atoms with E-state index in [4.69, 9.17) is 23.7 Å². The molecule has 1 atom stereocenters. The molecule has 0 aromatic heterocycles. The maximum absolute atomic E-state index is 12.1. The standard InChI is InChI=1S/C24H26O7/c1-16(2)19-6-8-20(9-7-19)24(26)31-17(3)27-12-13-28-23(25)11-5-18-4-10-21-22(14-18)30-15-29-21/h4,6-10,14,17H,1,5,11-13,15H2,2-3H3. The highest BCUT2D eigenvalue weighted by molar-refractivity contribution is 5.89. The van der Waals surface area contributed by atoms with Crippen molar-refractivity contribution in [1.82, 2.24) is 0 Å². The van der Waals surface area contributed by atoms with Crippen LogP contribution < -0.4 is 9.47 Å². The number of allylic oxidation sites excluding steroid dienone is 1. The third-order valence-electron chi connectivity index (χ3n) is 4.64. The van der Waals surface area contributed by atoms with E-state index in [1.54, 1.807) is 19.1 Å². The molecule has 0 amide bonds. The maximum atomic E-state index is 12.1. The van der Waals surface area contributed by atoms with Crippen molar-refractivity contribution < 1.29 is 33.3 Å². The number of benzene rings is 2. The Hall–Kier alpha value is -3.32. The van der Waals surface area contributed by atoms with Gasteiger partial charge in [-0.25, -0.2) is 4.79 Å². The summed E-state index contributed by atoms with van der Waals surface area (Å²) in [5.41, 5.74) is 3.27. The van der Waals surface area contributed by atoms with Crippen LogP contribution >= 0.6 is 0 Å². The Labute approximate surface area is 181 Å². The minimum absolute atomic E-state index is 0.0785. The van der Waals surface area contributed by atoms with Crippen molar-refractivity contribution in [3.8, 4) is 11.5 Å². The topological polar surface area (TPSA) is 80.3 Å². The molecule has 7 heteroatoms. The van der Waals surface area contributed by atoms with Crippen LogP contribution in [-0.2, 0) is 25.4 Å². The van der Waals surface area contributed by atoms with E-state index in [2.05, 4.69) is 6.58 Å². The summed E-state index contributed by atoms with van der Waals surface area (Å²) >= 11 is 0. The Morgan fingerprint density at radius 2 is 1.74 bits per heavy atom. The number of rotatable bonds is 10. The smallest absolute Gasteiger partial charge is 0.340 e. The second-order valence-corrected chi connectivity index (χ2v) is 7.11. The monoisotopic (exact) mass is 426 g/mol. The molecule has 1 heterocycles. The van der Waals surface area contributed by atoms with Crippen molar-refractivity contribution in [3.05, 3.63) is 65.7 Å². The highest BCUT2D eigenvalue weighted by atomic mass is 16.7. The fourth-order valence-corrected chi connectivity index (χ4v) is 2.93. The number of hydrogen-bond acceptors (Lipinski definition) is 7. The van der Waals surface area contributed by atoms with Crippen LogP contribution in [0.1, 0.15) is 41.8 Å². The predicted molar refractivity (Wildman–Crippen MR) is 114 cm³/mol. The van der Waals surface area contributed by atoms with Crippen molar-refractivity contribution in [3.63, 3.8) is 0 Å². The molecular formula is C24H26O7. The Kier molecular flexibility index (Phi) is 7.67. The van der Waals surface area contributed by atoms with Crippen LogP contribution in [0.4, 0.5) is 0 Å². The second kappa shape index (κ2) is 10.6. The molecule has 3 rings (SSSR count). The summed E-state index contributed by atoms with van der Waals surface area (Å²) in [4.78, 5) is 24.0. The van der Waals surface area contributed by atoms with Crippen LogP contribution in [0.15, 0.2) is 49.0 Å². The van der Waals surface area contributed by atoms with Crippen molar-refractivity contribution in [2.75, 3.05) is 20.0 Å². The van der Waals surface area contributed by atoms with Crippen LogP contribution in [0.5, 0.6) is 11.5 Å². The van der Waals surface area contributed by atoms with Crippen LogP contribution in [-0.4, -0.2) is 38.2 Å². The molecule has 164 valence electrons. The van der Waals surface area contributed by atoms with E-state index in [-0.39, 0.29) is 32.4 Å². The minimum atomic E-state index is -0.763. The molecule has 1 aliphatic heterocycles. The summed E-state index contributed by atoms with van der Waals surface area (Å²) in [6, 6.07) is 12.6. The van der Waals surface area contributed by atoms with Crippen LogP contribution in [0.25, 0.3) is 5.57 Å². The highest BCUT2D eigenvalue weighted by Gasteiger charge is 2.15. The van der Waals surface area contributed by atoms with E-state index in [0.29, 0.717) is 23.5 Å². The molecule has 7 nitrogen and oxygen atoms in total. The van der Waals surface area contributed by atoms with Gasteiger partial charge in [0.25, 0.3) is 0 Å². The summed E-state index contributed by atoms with van der Waals surface area (Å²) in [5, 5.41) is 0. The van der Waals surface area contributed by atoms with Gasteiger partial charge in [-0.1, -0.05) is 30.4 Å². The first-order valence-electron chi connectivity index (χ1n) is 10.0. The first kappa shape index (κ1) is 22.4. The number of fused-ring (bicyclic) bond motifs is 1.